The van der Waals surface area contributed by atoms with Gasteiger partial charge in [-0.3, -0.25) is 4.98 Å². The Morgan fingerprint density at radius 1 is 1.00 bits per heavy atom. The van der Waals surface area contributed by atoms with Crippen molar-refractivity contribution in [3.05, 3.63) is 47.9 Å². The topological polar surface area (TPSA) is 53.9 Å². The molecule has 24 heavy (non-hydrogen) atoms. The second kappa shape index (κ2) is 7.26. The summed E-state index contributed by atoms with van der Waals surface area (Å²) in [5.74, 6) is 1.00. The van der Waals surface area contributed by atoms with E-state index in [4.69, 9.17) is 0 Å². The Kier molecular flexibility index (Phi) is 4.69. The zero-order valence-corrected chi connectivity index (χ0v) is 14.1. The third-order valence-corrected chi connectivity index (χ3v) is 5.25. The van der Waals surface area contributed by atoms with Crippen LogP contribution in [-0.4, -0.2) is 40.4 Å². The van der Waals surface area contributed by atoms with Gasteiger partial charge in [-0.15, -0.1) is 5.10 Å². The van der Waals surface area contributed by atoms with Crippen LogP contribution in [0.15, 0.2) is 36.7 Å². The van der Waals surface area contributed by atoms with Crippen molar-refractivity contribution in [2.24, 2.45) is 0 Å². The summed E-state index contributed by atoms with van der Waals surface area (Å²) in [5.41, 5.74) is 2.73. The van der Waals surface area contributed by atoms with E-state index in [-0.39, 0.29) is 0 Å². The van der Waals surface area contributed by atoms with E-state index in [0.29, 0.717) is 12.1 Å². The van der Waals surface area contributed by atoms with Gasteiger partial charge >= 0.3 is 0 Å². The summed E-state index contributed by atoms with van der Waals surface area (Å²) in [6, 6.07) is 9.46. The highest BCUT2D eigenvalue weighted by Gasteiger charge is 2.24. The number of anilines is 1. The number of aryl methyl sites for hydroxylation is 2. The minimum Gasteiger partial charge on any atom is -0.354 e. The van der Waals surface area contributed by atoms with Crippen molar-refractivity contribution in [2.45, 2.75) is 50.6 Å². The molecule has 0 bridgehead atoms. The van der Waals surface area contributed by atoms with E-state index in [1.807, 2.05) is 12.3 Å². The van der Waals surface area contributed by atoms with Gasteiger partial charge in [0.05, 0.1) is 0 Å². The number of fused-ring (bicyclic) bond motifs is 1. The van der Waals surface area contributed by atoms with Crippen LogP contribution in [0, 0.1) is 0 Å². The zero-order chi connectivity index (χ0) is 16.2. The second-order valence-electron chi connectivity index (χ2n) is 6.92. The highest BCUT2D eigenvalue weighted by molar-refractivity contribution is 5.37. The number of nitrogens with one attached hydrogen (secondary N) is 1. The van der Waals surface area contributed by atoms with Gasteiger partial charge in [0, 0.05) is 43.3 Å². The van der Waals surface area contributed by atoms with Crippen LogP contribution in [-0.2, 0) is 12.8 Å². The first-order valence-electron chi connectivity index (χ1n) is 9.10. The lowest BCUT2D eigenvalue weighted by molar-refractivity contribution is 0.351. The van der Waals surface area contributed by atoms with Crippen molar-refractivity contribution in [1.29, 1.82) is 0 Å². The molecule has 1 aliphatic heterocycles. The van der Waals surface area contributed by atoms with E-state index in [1.54, 1.807) is 6.20 Å². The minimum absolute atomic E-state index is 0.542. The molecule has 5 heteroatoms. The Morgan fingerprint density at radius 2 is 1.92 bits per heavy atom. The predicted molar refractivity (Wildman–Crippen MR) is 95.1 cm³/mol. The van der Waals surface area contributed by atoms with Crippen LogP contribution in [0.3, 0.4) is 0 Å². The number of rotatable bonds is 3. The molecule has 0 aromatic carbocycles. The van der Waals surface area contributed by atoms with E-state index in [2.05, 4.69) is 43.6 Å². The Hall–Kier alpha value is -2.01. The molecular formula is C19H25N5. The molecule has 1 aliphatic carbocycles. The van der Waals surface area contributed by atoms with Crippen molar-refractivity contribution in [1.82, 2.24) is 20.5 Å². The molecule has 3 heterocycles. The number of aromatic nitrogens is 3. The standard InChI is InChI=1S/C19H25N5/c1-4-15-7-8-16(9-10-18(15)20-11-1)22-17-5-3-13-24(14-17)19-6-2-12-21-23-19/h1-2,4,6,11-12,16-17,22H,3,5,7-10,13-14H2/t16-,17-/m0/s1. The third kappa shape index (κ3) is 3.56. The third-order valence-electron chi connectivity index (χ3n) is 5.25. The molecule has 0 amide bonds. The van der Waals surface area contributed by atoms with Gasteiger partial charge in [-0.05, 0) is 62.3 Å². The van der Waals surface area contributed by atoms with Crippen molar-refractivity contribution in [2.75, 3.05) is 18.0 Å². The maximum atomic E-state index is 4.56. The van der Waals surface area contributed by atoms with Crippen LogP contribution in [0.2, 0.25) is 0 Å². The molecule has 1 N–H and O–H groups in total. The Morgan fingerprint density at radius 3 is 2.83 bits per heavy atom. The van der Waals surface area contributed by atoms with E-state index < -0.39 is 0 Å². The molecule has 0 spiro atoms. The molecule has 1 fully saturated rings. The van der Waals surface area contributed by atoms with Gasteiger partial charge in [0.2, 0.25) is 0 Å². The minimum atomic E-state index is 0.542. The Bertz CT molecular complexity index is 633. The largest absolute Gasteiger partial charge is 0.354 e. The van der Waals surface area contributed by atoms with Crippen molar-refractivity contribution in [3.8, 4) is 0 Å². The fraction of sp³-hybridized carbons (Fsp3) is 0.526. The number of nitrogens with zero attached hydrogens (tertiary/aromatic N) is 4. The lowest BCUT2D eigenvalue weighted by Gasteiger charge is -2.35. The first-order chi connectivity index (χ1) is 11.9. The fourth-order valence-corrected chi connectivity index (χ4v) is 3.99. The van der Waals surface area contributed by atoms with Crippen LogP contribution in [0.4, 0.5) is 5.82 Å². The average molecular weight is 323 g/mol. The van der Waals surface area contributed by atoms with Crippen LogP contribution in [0.5, 0.6) is 0 Å². The summed E-state index contributed by atoms with van der Waals surface area (Å²) < 4.78 is 0. The molecule has 0 unspecified atom stereocenters. The molecule has 5 nitrogen and oxygen atoms in total. The van der Waals surface area contributed by atoms with Gasteiger partial charge in [-0.1, -0.05) is 6.07 Å². The van der Waals surface area contributed by atoms with Gasteiger partial charge in [0.25, 0.3) is 0 Å². The SMILES string of the molecule is c1cnnc(N2CCC[C@H](N[C@H]3CCc4cccnc4CC3)C2)c1. The summed E-state index contributed by atoms with van der Waals surface area (Å²) in [6.07, 6.45) is 10.7. The average Bonchev–Trinajstić information content (AvgIpc) is 2.85. The van der Waals surface area contributed by atoms with Gasteiger partial charge in [-0.2, -0.15) is 5.10 Å². The molecule has 2 aromatic heterocycles. The van der Waals surface area contributed by atoms with Crippen molar-refractivity contribution >= 4 is 5.82 Å². The lowest BCUT2D eigenvalue weighted by Crippen LogP contribution is -2.49. The zero-order valence-electron chi connectivity index (χ0n) is 14.1. The summed E-state index contributed by atoms with van der Waals surface area (Å²) in [4.78, 5) is 6.92. The molecule has 2 aromatic rings. The molecule has 2 aliphatic rings. The first kappa shape index (κ1) is 15.5. The van der Waals surface area contributed by atoms with Crippen LogP contribution in [0.1, 0.15) is 36.9 Å². The lowest BCUT2D eigenvalue weighted by atomic mass is 10.0. The van der Waals surface area contributed by atoms with Crippen molar-refractivity contribution < 1.29 is 0 Å². The first-order valence-corrected chi connectivity index (χ1v) is 9.10. The van der Waals surface area contributed by atoms with E-state index >= 15 is 0 Å². The molecule has 0 saturated carbocycles. The number of piperidine rings is 1. The molecule has 126 valence electrons. The van der Waals surface area contributed by atoms with E-state index in [9.17, 15) is 0 Å². The van der Waals surface area contributed by atoms with Crippen LogP contribution >= 0.6 is 0 Å². The van der Waals surface area contributed by atoms with Gasteiger partial charge < -0.3 is 10.2 Å². The summed E-state index contributed by atoms with van der Waals surface area (Å²) in [6.45, 7) is 2.11. The molecule has 4 rings (SSSR count). The molecule has 1 saturated heterocycles. The molecule has 2 atom stereocenters. The quantitative estimate of drug-likeness (QED) is 0.879. The number of pyridine rings is 1. The van der Waals surface area contributed by atoms with Gasteiger partial charge in [0.1, 0.15) is 0 Å². The van der Waals surface area contributed by atoms with Crippen molar-refractivity contribution in [3.63, 3.8) is 0 Å². The van der Waals surface area contributed by atoms with Crippen LogP contribution < -0.4 is 10.2 Å². The highest BCUT2D eigenvalue weighted by Crippen LogP contribution is 2.21. The van der Waals surface area contributed by atoms with E-state index in [1.165, 1.54) is 36.9 Å². The number of hydrogen-bond donors (Lipinski definition) is 1. The fourth-order valence-electron chi connectivity index (χ4n) is 3.99. The van der Waals surface area contributed by atoms with Crippen LogP contribution in [0.25, 0.3) is 0 Å². The summed E-state index contributed by atoms with van der Waals surface area (Å²) in [7, 11) is 0. The predicted octanol–water partition coefficient (Wildman–Crippen LogP) is 2.38. The van der Waals surface area contributed by atoms with E-state index in [0.717, 1.165) is 31.7 Å². The maximum Gasteiger partial charge on any atom is 0.151 e. The smallest absolute Gasteiger partial charge is 0.151 e. The highest BCUT2D eigenvalue weighted by atomic mass is 15.3. The number of hydrogen-bond acceptors (Lipinski definition) is 5. The monoisotopic (exact) mass is 323 g/mol. The maximum absolute atomic E-state index is 4.56. The second-order valence-corrected chi connectivity index (χ2v) is 6.92. The molecular weight excluding hydrogens is 298 g/mol. The Balaban J connectivity index is 1.36. The summed E-state index contributed by atoms with van der Waals surface area (Å²) >= 11 is 0. The molecule has 0 radical (unpaired) electrons. The van der Waals surface area contributed by atoms with Gasteiger partial charge in [0.15, 0.2) is 5.82 Å². The Labute approximate surface area is 143 Å². The normalized spacial score (nSPS) is 24.2. The summed E-state index contributed by atoms with van der Waals surface area (Å²) in [5, 5.41) is 12.2. The van der Waals surface area contributed by atoms with Gasteiger partial charge in [-0.25, -0.2) is 0 Å².